The first-order valence-electron chi connectivity index (χ1n) is 9.60. The van der Waals surface area contributed by atoms with Crippen LogP contribution in [-0.2, 0) is 22.7 Å². The van der Waals surface area contributed by atoms with Gasteiger partial charge in [-0.1, -0.05) is 29.8 Å². The van der Waals surface area contributed by atoms with Gasteiger partial charge in [-0.15, -0.1) is 11.8 Å². The lowest BCUT2D eigenvalue weighted by atomic mass is 9.93. The molecule has 3 heterocycles. The maximum absolute atomic E-state index is 11.5. The summed E-state index contributed by atoms with van der Waals surface area (Å²) in [5.74, 6) is -0.728. The second-order valence-corrected chi connectivity index (χ2v) is 9.06. The molecule has 2 aliphatic rings. The topological polar surface area (TPSA) is 110 Å². The molecule has 9 heteroatoms. The molecule has 2 atom stereocenters. The number of thioether (sulfide) groups is 1. The molecule has 5 rings (SSSR count). The first kappa shape index (κ1) is 19.6. The summed E-state index contributed by atoms with van der Waals surface area (Å²) in [6.07, 6.45) is 0.739. The largest absolute Gasteiger partial charge is 0.480 e. The maximum atomic E-state index is 11.5. The van der Waals surface area contributed by atoms with E-state index in [0.717, 1.165) is 33.9 Å². The molecule has 2 aromatic carbocycles. The lowest BCUT2D eigenvalue weighted by molar-refractivity contribution is -0.138. The molecule has 0 bridgehead atoms. The van der Waals surface area contributed by atoms with Crippen molar-refractivity contribution < 1.29 is 14.6 Å². The molecule has 1 fully saturated rings. The highest BCUT2D eigenvalue weighted by molar-refractivity contribution is 8.00. The molecular weight excluding hydrogens is 424 g/mol. The highest BCUT2D eigenvalue weighted by atomic mass is 35.5. The van der Waals surface area contributed by atoms with Gasteiger partial charge in [-0.05, 0) is 47.0 Å². The number of benzene rings is 2. The maximum Gasteiger partial charge on any atom is 0.321 e. The van der Waals surface area contributed by atoms with Gasteiger partial charge in [0.1, 0.15) is 11.1 Å². The van der Waals surface area contributed by atoms with Crippen LogP contribution in [0, 0.1) is 0 Å². The minimum Gasteiger partial charge on any atom is -0.480 e. The van der Waals surface area contributed by atoms with E-state index in [9.17, 15) is 9.90 Å². The number of hydrogen-bond acceptors (Lipinski definition) is 7. The summed E-state index contributed by atoms with van der Waals surface area (Å²) in [5, 5.41) is 15.7. The molecule has 1 saturated heterocycles. The summed E-state index contributed by atoms with van der Waals surface area (Å²) in [6.45, 7) is 1.74. The number of nitrogens with two attached hydrogens (primary N) is 1. The quantitative estimate of drug-likeness (QED) is 0.527. The Morgan fingerprint density at radius 2 is 2.10 bits per heavy atom. The Balaban J connectivity index is 1.60. The van der Waals surface area contributed by atoms with Gasteiger partial charge in [0, 0.05) is 10.8 Å². The number of ether oxygens (including phenoxy) is 1. The number of aliphatic carboxylic acids is 1. The Morgan fingerprint density at radius 3 is 2.93 bits per heavy atom. The lowest BCUT2D eigenvalue weighted by Crippen LogP contribution is -2.36. The van der Waals surface area contributed by atoms with Crippen LogP contribution < -0.4 is 11.1 Å². The van der Waals surface area contributed by atoms with Gasteiger partial charge in [0.05, 0.1) is 23.9 Å². The monoisotopic (exact) mass is 442 g/mol. The van der Waals surface area contributed by atoms with Gasteiger partial charge >= 0.3 is 5.97 Å². The highest BCUT2D eigenvalue weighted by Gasteiger charge is 2.34. The predicted octanol–water partition coefficient (Wildman–Crippen LogP) is 3.47. The van der Waals surface area contributed by atoms with Crippen molar-refractivity contribution in [2.45, 2.75) is 36.0 Å². The summed E-state index contributed by atoms with van der Waals surface area (Å²) in [4.78, 5) is 20.3. The van der Waals surface area contributed by atoms with Gasteiger partial charge < -0.3 is 20.9 Å². The third kappa shape index (κ3) is 3.39. The summed E-state index contributed by atoms with van der Waals surface area (Å²) in [6, 6.07) is 9.22. The number of nitrogen functional groups attached to an aromatic ring is 1. The number of carboxylic acids is 1. The van der Waals surface area contributed by atoms with E-state index in [1.54, 1.807) is 0 Å². The average molecular weight is 443 g/mol. The normalized spacial score (nSPS) is 20.6. The molecule has 0 saturated carbocycles. The van der Waals surface area contributed by atoms with Crippen LogP contribution in [0.3, 0.4) is 0 Å². The fourth-order valence-corrected chi connectivity index (χ4v) is 5.77. The van der Waals surface area contributed by atoms with Gasteiger partial charge in [-0.2, -0.15) is 0 Å². The Bertz CT molecular complexity index is 1170. The van der Waals surface area contributed by atoms with Crippen molar-refractivity contribution in [2.24, 2.45) is 0 Å². The van der Waals surface area contributed by atoms with Crippen molar-refractivity contribution in [1.29, 1.82) is 0 Å². The van der Waals surface area contributed by atoms with Crippen LogP contribution in [0.2, 0.25) is 5.02 Å². The number of nitrogens with zero attached hydrogens (tertiary/aromatic N) is 2. The summed E-state index contributed by atoms with van der Waals surface area (Å²) < 4.78 is 5.67. The summed E-state index contributed by atoms with van der Waals surface area (Å²) >= 11 is 8.09. The minimum atomic E-state index is -0.860. The Labute approximate surface area is 182 Å². The number of anilines is 1. The second-order valence-electron chi connectivity index (χ2n) is 7.39. The average Bonchev–Trinajstić information content (AvgIpc) is 3.16. The Hall–Kier alpha value is -2.39. The van der Waals surface area contributed by atoms with Crippen molar-refractivity contribution in [3.8, 4) is 11.3 Å². The van der Waals surface area contributed by atoms with Crippen molar-refractivity contribution in [3.63, 3.8) is 0 Å². The van der Waals surface area contributed by atoms with Crippen LogP contribution in [0.15, 0.2) is 35.4 Å². The molecule has 4 N–H and O–H groups in total. The van der Waals surface area contributed by atoms with Crippen LogP contribution in [-0.4, -0.2) is 38.9 Å². The molecule has 0 aliphatic carbocycles. The van der Waals surface area contributed by atoms with E-state index in [-0.39, 0.29) is 11.2 Å². The predicted molar refractivity (Wildman–Crippen MR) is 117 cm³/mol. The summed E-state index contributed by atoms with van der Waals surface area (Å²) in [5.41, 5.74) is 9.62. The zero-order valence-electron chi connectivity index (χ0n) is 15.9. The highest BCUT2D eigenvalue weighted by Crippen LogP contribution is 2.41. The van der Waals surface area contributed by atoms with Crippen LogP contribution in [0.25, 0.3) is 22.0 Å². The van der Waals surface area contributed by atoms with Gasteiger partial charge in [-0.3, -0.25) is 4.79 Å². The van der Waals surface area contributed by atoms with Crippen molar-refractivity contribution >= 4 is 46.1 Å². The van der Waals surface area contributed by atoms with E-state index in [0.29, 0.717) is 35.5 Å². The smallest absolute Gasteiger partial charge is 0.321 e. The van der Waals surface area contributed by atoms with E-state index in [4.69, 9.17) is 22.1 Å². The van der Waals surface area contributed by atoms with Crippen LogP contribution in [0.5, 0.6) is 0 Å². The van der Waals surface area contributed by atoms with E-state index in [1.807, 2.05) is 24.3 Å². The Kier molecular flexibility index (Phi) is 5.02. The van der Waals surface area contributed by atoms with Crippen molar-refractivity contribution in [1.82, 2.24) is 15.3 Å². The van der Waals surface area contributed by atoms with E-state index in [2.05, 4.69) is 21.4 Å². The fourth-order valence-electron chi connectivity index (χ4n) is 4.22. The van der Waals surface area contributed by atoms with Crippen LogP contribution >= 0.6 is 23.4 Å². The number of aromatic nitrogens is 2. The Morgan fingerprint density at radius 1 is 1.27 bits per heavy atom. The summed E-state index contributed by atoms with van der Waals surface area (Å²) in [7, 11) is 0. The molecule has 0 spiro atoms. The molecule has 2 aliphatic heterocycles. The first-order chi connectivity index (χ1) is 14.5. The van der Waals surface area contributed by atoms with Crippen LogP contribution in [0.1, 0.15) is 17.5 Å². The number of hydrogen-bond donors (Lipinski definition) is 3. The molecule has 7 nitrogen and oxygen atoms in total. The second kappa shape index (κ2) is 7.70. The SMILES string of the molecule is Nc1nc(SC2CCN[C@@H]2C(=O)O)cc(-c2c(Cl)cc3c4c(cccc24)COC3)n1. The zero-order valence-corrected chi connectivity index (χ0v) is 17.5. The number of carboxylic acid groups (broad SMARTS) is 1. The lowest BCUT2D eigenvalue weighted by Gasteiger charge is -2.21. The van der Waals surface area contributed by atoms with Crippen LogP contribution in [0.4, 0.5) is 5.95 Å². The van der Waals surface area contributed by atoms with E-state index < -0.39 is 12.0 Å². The molecule has 1 unspecified atom stereocenters. The van der Waals surface area contributed by atoms with Gasteiger partial charge in [0.25, 0.3) is 0 Å². The zero-order chi connectivity index (χ0) is 20.8. The van der Waals surface area contributed by atoms with E-state index >= 15 is 0 Å². The number of halogens is 1. The van der Waals surface area contributed by atoms with Crippen molar-refractivity contribution in [2.75, 3.05) is 12.3 Å². The number of carbonyl (C=O) groups is 1. The number of rotatable bonds is 4. The molecule has 0 radical (unpaired) electrons. The molecule has 154 valence electrons. The minimum absolute atomic E-state index is 0.131. The molecule has 1 aromatic heterocycles. The third-order valence-electron chi connectivity index (χ3n) is 5.48. The van der Waals surface area contributed by atoms with Gasteiger partial charge in [0.2, 0.25) is 5.95 Å². The molecule has 30 heavy (non-hydrogen) atoms. The van der Waals surface area contributed by atoms with Gasteiger partial charge in [-0.25, -0.2) is 9.97 Å². The van der Waals surface area contributed by atoms with Crippen molar-refractivity contribution in [3.05, 3.63) is 46.5 Å². The molecular formula is C21H19ClN4O3S. The molecule has 3 aromatic rings. The third-order valence-corrected chi connectivity index (χ3v) is 7.03. The standard InChI is InChI=1S/C21H19ClN4O3S/c22-13-6-11-9-29-8-10-2-1-3-12(17(10)11)18(13)14-7-16(26-21(23)25-14)30-15-4-5-24-19(15)20(27)28/h1-3,6-7,15,19,24H,4-5,8-9H2,(H,27,28)(H2,23,25,26)/t15?,19-/m0/s1. The van der Waals surface area contributed by atoms with Gasteiger partial charge in [0.15, 0.2) is 0 Å². The number of nitrogens with one attached hydrogen (secondary N) is 1. The fraction of sp³-hybridized carbons (Fsp3) is 0.286. The molecule has 0 amide bonds. The van der Waals surface area contributed by atoms with E-state index in [1.165, 1.54) is 11.8 Å². The first-order valence-corrected chi connectivity index (χ1v) is 10.9.